The number of nitrogens with zero attached hydrogens (tertiary/aromatic N) is 4. The first-order valence-corrected chi connectivity index (χ1v) is 7.44. The maximum atomic E-state index is 3.89. The van der Waals surface area contributed by atoms with Gasteiger partial charge in [-0.2, -0.15) is 28.2 Å². The van der Waals surface area contributed by atoms with Crippen LogP contribution in [0.4, 0.5) is 0 Å². The Bertz CT molecular complexity index is 108. The van der Waals surface area contributed by atoms with Gasteiger partial charge >= 0.3 is 25.8 Å². The van der Waals surface area contributed by atoms with Gasteiger partial charge in [-0.15, -0.1) is 24.2 Å². The van der Waals surface area contributed by atoms with Crippen LogP contribution in [0.15, 0.2) is 0 Å². The van der Waals surface area contributed by atoms with Gasteiger partial charge in [-0.25, -0.2) is 0 Å². The minimum Gasteiger partial charge on any atom is -0.663 e. The molecule has 0 radical (unpaired) electrons. The summed E-state index contributed by atoms with van der Waals surface area (Å²) in [5.74, 6) is 0. The van der Waals surface area contributed by atoms with Crippen molar-refractivity contribution in [2.75, 3.05) is 28.2 Å². The fourth-order valence-corrected chi connectivity index (χ4v) is 0. The molecule has 0 amide bonds. The molecule has 128 valence electrons. The summed E-state index contributed by atoms with van der Waals surface area (Å²) in [6, 6.07) is 2.04. The third-order valence-corrected chi connectivity index (χ3v) is 2.07. The molecule has 0 saturated carbocycles. The summed E-state index contributed by atoms with van der Waals surface area (Å²) in [7, 11) is 7.30. The van der Waals surface area contributed by atoms with E-state index < -0.39 is 0 Å². The SMILES string of the molecule is C[N-]C(C)C.C[N-]C(C)C.C[N-]C(C)C.C[N-]C(C)C.[Hf+4]. The summed E-state index contributed by atoms with van der Waals surface area (Å²) in [5, 5.41) is 15.6. The normalized spacial score (nSPS) is 9.14. The Morgan fingerprint density at radius 2 is 0.429 bits per heavy atom. The standard InChI is InChI=1S/4C4H10N.Hf/c4*1-4(2)5-3;/h4*4H,1-3H3;/q4*-1;+4. The summed E-state index contributed by atoms with van der Waals surface area (Å²) in [4.78, 5) is 0. The van der Waals surface area contributed by atoms with Crippen LogP contribution in [0.25, 0.3) is 21.3 Å². The maximum Gasteiger partial charge on any atom is 4.00 e. The Labute approximate surface area is 154 Å². The van der Waals surface area contributed by atoms with E-state index in [2.05, 4.69) is 76.7 Å². The number of hydrogen-bond donors (Lipinski definition) is 0. The zero-order valence-corrected chi connectivity index (χ0v) is 20.2. The predicted octanol–water partition coefficient (Wildman–Crippen LogP) is 5.59. The molecule has 0 aromatic rings. The van der Waals surface area contributed by atoms with Crippen molar-refractivity contribution in [2.45, 2.75) is 79.6 Å². The van der Waals surface area contributed by atoms with Gasteiger partial charge in [0.25, 0.3) is 0 Å². The van der Waals surface area contributed by atoms with Crippen molar-refractivity contribution >= 4 is 0 Å². The van der Waals surface area contributed by atoms with Crippen LogP contribution in [-0.4, -0.2) is 52.4 Å². The molecule has 0 unspecified atom stereocenters. The van der Waals surface area contributed by atoms with E-state index in [1.165, 1.54) is 0 Å². The fourth-order valence-electron chi connectivity index (χ4n) is 0. The Balaban J connectivity index is -0.0000000533. The second-order valence-corrected chi connectivity index (χ2v) is 5.41. The molecule has 0 aliphatic carbocycles. The second kappa shape index (κ2) is 28.8. The molecule has 0 saturated heterocycles. The van der Waals surface area contributed by atoms with Gasteiger partial charge in [0.2, 0.25) is 0 Å². The van der Waals surface area contributed by atoms with E-state index in [1.807, 2.05) is 28.2 Å². The van der Waals surface area contributed by atoms with E-state index in [-0.39, 0.29) is 25.8 Å². The smallest absolute Gasteiger partial charge is 0.663 e. The van der Waals surface area contributed by atoms with Crippen LogP contribution in [0.5, 0.6) is 0 Å². The van der Waals surface area contributed by atoms with Gasteiger partial charge in [0, 0.05) is 0 Å². The first kappa shape index (κ1) is 33.3. The van der Waals surface area contributed by atoms with Gasteiger partial charge in [0.15, 0.2) is 0 Å². The van der Waals surface area contributed by atoms with Crippen LogP contribution in [-0.2, 0) is 25.8 Å². The fraction of sp³-hybridized carbons (Fsp3) is 1.00. The molecule has 0 aliphatic heterocycles. The van der Waals surface area contributed by atoms with Gasteiger partial charge in [-0.3, -0.25) is 0 Å². The summed E-state index contributed by atoms with van der Waals surface area (Å²) in [5.41, 5.74) is 0. The van der Waals surface area contributed by atoms with E-state index in [0.29, 0.717) is 24.2 Å². The molecular weight excluding hydrogens is 427 g/mol. The van der Waals surface area contributed by atoms with E-state index >= 15 is 0 Å². The molecular formula is C16H40HfN4. The summed E-state index contributed by atoms with van der Waals surface area (Å²) in [6.07, 6.45) is 0. The average Bonchev–Trinajstić information content (AvgIpc) is 2.40. The van der Waals surface area contributed by atoms with Crippen molar-refractivity contribution in [1.82, 2.24) is 0 Å². The quantitative estimate of drug-likeness (QED) is 0.485. The Kier molecular flexibility index (Phi) is 45.8. The molecule has 0 aromatic heterocycles. The maximum absolute atomic E-state index is 3.89. The number of rotatable bonds is 4. The van der Waals surface area contributed by atoms with E-state index in [1.54, 1.807) is 0 Å². The molecule has 0 heterocycles. The third-order valence-electron chi connectivity index (χ3n) is 2.07. The van der Waals surface area contributed by atoms with Crippen molar-refractivity contribution in [3.8, 4) is 0 Å². The van der Waals surface area contributed by atoms with Gasteiger partial charge < -0.3 is 21.3 Å². The molecule has 0 rings (SSSR count). The second-order valence-electron chi connectivity index (χ2n) is 5.41. The Hall–Kier alpha value is 0.710. The average molecular weight is 467 g/mol. The van der Waals surface area contributed by atoms with Crippen LogP contribution in [0.1, 0.15) is 55.4 Å². The summed E-state index contributed by atoms with van der Waals surface area (Å²) in [6.45, 7) is 16.4. The monoisotopic (exact) mass is 468 g/mol. The van der Waals surface area contributed by atoms with E-state index in [0.717, 1.165) is 0 Å². The van der Waals surface area contributed by atoms with Crippen molar-refractivity contribution in [3.63, 3.8) is 0 Å². The molecule has 0 aliphatic rings. The molecule has 0 N–H and O–H groups in total. The van der Waals surface area contributed by atoms with Crippen molar-refractivity contribution < 1.29 is 25.8 Å². The minimum atomic E-state index is 0. The van der Waals surface area contributed by atoms with Crippen molar-refractivity contribution in [3.05, 3.63) is 21.3 Å². The van der Waals surface area contributed by atoms with Crippen LogP contribution < -0.4 is 0 Å². The molecule has 0 atom stereocenters. The molecule has 21 heavy (non-hydrogen) atoms. The number of hydrogen-bond acceptors (Lipinski definition) is 0. The zero-order valence-electron chi connectivity index (χ0n) is 16.6. The molecule has 0 bridgehead atoms. The van der Waals surface area contributed by atoms with Crippen LogP contribution in [0, 0.1) is 0 Å². The van der Waals surface area contributed by atoms with Crippen LogP contribution in [0.3, 0.4) is 0 Å². The van der Waals surface area contributed by atoms with Gasteiger partial charge in [0.1, 0.15) is 0 Å². The summed E-state index contributed by atoms with van der Waals surface area (Å²) < 4.78 is 0. The summed E-state index contributed by atoms with van der Waals surface area (Å²) >= 11 is 0. The topological polar surface area (TPSA) is 56.4 Å². The molecule has 4 nitrogen and oxygen atoms in total. The minimum absolute atomic E-state index is 0. The van der Waals surface area contributed by atoms with Crippen molar-refractivity contribution in [2.24, 2.45) is 0 Å². The van der Waals surface area contributed by atoms with E-state index in [4.69, 9.17) is 0 Å². The van der Waals surface area contributed by atoms with Gasteiger partial charge in [-0.1, -0.05) is 55.4 Å². The molecule has 0 fully saturated rings. The first-order valence-electron chi connectivity index (χ1n) is 7.44. The largest absolute Gasteiger partial charge is 4.00 e. The van der Waals surface area contributed by atoms with Gasteiger partial charge in [0.05, 0.1) is 0 Å². The Morgan fingerprint density at radius 3 is 0.429 bits per heavy atom. The zero-order chi connectivity index (χ0) is 17.1. The van der Waals surface area contributed by atoms with Crippen LogP contribution in [0.2, 0.25) is 0 Å². The molecule has 0 aromatic carbocycles. The Morgan fingerprint density at radius 1 is 0.381 bits per heavy atom. The van der Waals surface area contributed by atoms with E-state index in [9.17, 15) is 0 Å². The van der Waals surface area contributed by atoms with Gasteiger partial charge in [-0.05, 0) is 0 Å². The molecule has 0 spiro atoms. The first-order chi connectivity index (χ1) is 9.08. The van der Waals surface area contributed by atoms with Crippen LogP contribution >= 0.6 is 0 Å². The molecule has 5 heteroatoms. The third kappa shape index (κ3) is 95.6. The van der Waals surface area contributed by atoms with Crippen molar-refractivity contribution in [1.29, 1.82) is 0 Å². The predicted molar refractivity (Wildman–Crippen MR) is 97.7 cm³/mol.